The maximum atomic E-state index is 12.6. The number of halogens is 2. The Kier molecular flexibility index (Phi) is 7.69. The number of nitrogens with one attached hydrogen (secondary N) is 1. The normalized spacial score (nSPS) is 12.1. The van der Waals surface area contributed by atoms with Crippen LogP contribution in [0.2, 0.25) is 10.0 Å². The lowest BCUT2D eigenvalue weighted by molar-refractivity contribution is -0.119. The Hall–Kier alpha value is -2.42. The van der Waals surface area contributed by atoms with Gasteiger partial charge in [-0.1, -0.05) is 60.9 Å². The van der Waals surface area contributed by atoms with Crippen LogP contribution in [0.25, 0.3) is 11.4 Å². The monoisotopic (exact) mass is 479 g/mol. The summed E-state index contributed by atoms with van der Waals surface area (Å²) in [6.07, 6.45) is 0. The molecule has 0 aliphatic rings. The van der Waals surface area contributed by atoms with Crippen LogP contribution in [0.4, 0.5) is 0 Å². The van der Waals surface area contributed by atoms with Gasteiger partial charge >= 0.3 is 0 Å². The highest BCUT2D eigenvalue weighted by Gasteiger charge is 2.20. The summed E-state index contributed by atoms with van der Waals surface area (Å²) in [6.45, 7) is 4.11. The molecular formula is C21H23Cl2N5O2S. The first-order chi connectivity index (χ1) is 14.8. The number of nitrogens with zero attached hydrogens (tertiary/aromatic N) is 3. The van der Waals surface area contributed by atoms with E-state index in [1.807, 2.05) is 24.3 Å². The molecule has 7 nitrogen and oxygen atoms in total. The van der Waals surface area contributed by atoms with Gasteiger partial charge in [0.1, 0.15) is 5.75 Å². The van der Waals surface area contributed by atoms with E-state index in [4.69, 9.17) is 33.8 Å². The molecule has 3 aromatic rings. The van der Waals surface area contributed by atoms with Crippen LogP contribution in [0.5, 0.6) is 5.75 Å². The Labute approximate surface area is 195 Å². The lowest BCUT2D eigenvalue weighted by Gasteiger charge is -2.23. The predicted octanol–water partition coefficient (Wildman–Crippen LogP) is 4.58. The number of methoxy groups -OCH3 is 1. The van der Waals surface area contributed by atoms with Gasteiger partial charge in [-0.2, -0.15) is 0 Å². The zero-order valence-electron chi connectivity index (χ0n) is 17.3. The third kappa shape index (κ3) is 5.64. The van der Waals surface area contributed by atoms with Crippen molar-refractivity contribution in [3.63, 3.8) is 0 Å². The van der Waals surface area contributed by atoms with E-state index in [2.05, 4.69) is 29.4 Å². The van der Waals surface area contributed by atoms with Crippen molar-refractivity contribution in [2.75, 3.05) is 18.7 Å². The fourth-order valence-corrected chi connectivity index (χ4v) is 4.18. The maximum absolute atomic E-state index is 12.6. The molecule has 3 N–H and O–H groups in total. The Morgan fingerprint density at radius 1 is 1.19 bits per heavy atom. The molecule has 1 unspecified atom stereocenters. The first-order valence-electron chi connectivity index (χ1n) is 9.52. The van der Waals surface area contributed by atoms with E-state index < -0.39 is 0 Å². The molecule has 3 rings (SSSR count). The van der Waals surface area contributed by atoms with Crippen molar-refractivity contribution in [3.8, 4) is 17.1 Å². The number of carbonyl (C=O) groups is 1. The molecule has 0 spiro atoms. The summed E-state index contributed by atoms with van der Waals surface area (Å²) < 4.78 is 6.52. The maximum Gasteiger partial charge on any atom is 0.230 e. The van der Waals surface area contributed by atoms with E-state index in [1.54, 1.807) is 25.3 Å². The molecule has 1 atom stereocenters. The van der Waals surface area contributed by atoms with Gasteiger partial charge < -0.3 is 15.9 Å². The minimum Gasteiger partial charge on any atom is -0.497 e. The average Bonchev–Trinajstić information content (AvgIpc) is 3.10. The molecule has 0 aliphatic heterocycles. The Bertz CT molecular complexity index is 1060. The molecule has 1 amide bonds. The highest BCUT2D eigenvalue weighted by molar-refractivity contribution is 7.99. The third-order valence-corrected chi connectivity index (χ3v) is 6.12. The highest BCUT2D eigenvalue weighted by Crippen LogP contribution is 2.30. The molecule has 0 radical (unpaired) electrons. The summed E-state index contributed by atoms with van der Waals surface area (Å²) in [7, 11) is 1.62. The molecule has 2 aromatic carbocycles. The number of nitrogen functional groups attached to an aromatic ring is 1. The zero-order valence-corrected chi connectivity index (χ0v) is 19.6. The largest absolute Gasteiger partial charge is 0.497 e. The average molecular weight is 480 g/mol. The number of amides is 1. The summed E-state index contributed by atoms with van der Waals surface area (Å²) in [5.74, 6) is 7.51. The summed E-state index contributed by atoms with van der Waals surface area (Å²) in [5.41, 5.74) is 1.62. The summed E-state index contributed by atoms with van der Waals surface area (Å²) in [4.78, 5) is 12.6. The molecule has 0 aliphatic carbocycles. The van der Waals surface area contributed by atoms with E-state index in [-0.39, 0.29) is 23.6 Å². The van der Waals surface area contributed by atoms with Gasteiger partial charge in [0.05, 0.1) is 23.9 Å². The van der Waals surface area contributed by atoms with Gasteiger partial charge in [-0.05, 0) is 41.8 Å². The third-order valence-electron chi connectivity index (χ3n) is 4.63. The van der Waals surface area contributed by atoms with Crippen LogP contribution in [0, 0.1) is 5.92 Å². The number of ether oxygens (including phenoxy) is 1. The van der Waals surface area contributed by atoms with Gasteiger partial charge in [0.2, 0.25) is 11.1 Å². The standard InChI is InChI=1S/C21H23Cl2N5O2S/c1-12(2)19(13-4-7-15(30-3)8-5-13)25-18(29)11-31-21-27-26-20(28(21)24)16-9-6-14(22)10-17(16)23/h4-10,12,19H,11,24H2,1-3H3,(H,25,29). The molecule has 0 bridgehead atoms. The lowest BCUT2D eigenvalue weighted by Crippen LogP contribution is -2.33. The molecule has 0 saturated carbocycles. The van der Waals surface area contributed by atoms with Crippen LogP contribution in [0.15, 0.2) is 47.6 Å². The van der Waals surface area contributed by atoms with E-state index in [0.717, 1.165) is 11.3 Å². The fourth-order valence-electron chi connectivity index (χ4n) is 3.02. The van der Waals surface area contributed by atoms with Crippen LogP contribution in [0.3, 0.4) is 0 Å². The van der Waals surface area contributed by atoms with E-state index in [0.29, 0.717) is 26.6 Å². The molecule has 0 fully saturated rings. The van der Waals surface area contributed by atoms with Crippen molar-refractivity contribution in [2.45, 2.75) is 25.0 Å². The quantitative estimate of drug-likeness (QED) is 0.362. The SMILES string of the molecule is COc1ccc(C(NC(=O)CSc2nnc(-c3ccc(Cl)cc3Cl)n2N)C(C)C)cc1. The first kappa shape index (κ1) is 23.2. The molecule has 0 saturated heterocycles. The van der Waals surface area contributed by atoms with Gasteiger partial charge in [0.25, 0.3) is 0 Å². The van der Waals surface area contributed by atoms with E-state index in [9.17, 15) is 4.79 Å². The number of rotatable bonds is 8. The minimum absolute atomic E-state index is 0.127. The van der Waals surface area contributed by atoms with Crippen LogP contribution in [0.1, 0.15) is 25.5 Å². The van der Waals surface area contributed by atoms with E-state index in [1.165, 1.54) is 16.4 Å². The minimum atomic E-state index is -0.131. The van der Waals surface area contributed by atoms with Gasteiger partial charge in [-0.25, -0.2) is 4.68 Å². The zero-order chi connectivity index (χ0) is 22.5. The van der Waals surface area contributed by atoms with Crippen molar-refractivity contribution < 1.29 is 9.53 Å². The summed E-state index contributed by atoms with van der Waals surface area (Å²) >= 11 is 13.4. The second-order valence-corrected chi connectivity index (χ2v) is 8.94. The van der Waals surface area contributed by atoms with Crippen molar-refractivity contribution in [3.05, 3.63) is 58.1 Å². The number of nitrogens with two attached hydrogens (primary N) is 1. The van der Waals surface area contributed by atoms with Crippen molar-refractivity contribution >= 4 is 40.9 Å². The van der Waals surface area contributed by atoms with Crippen molar-refractivity contribution in [2.24, 2.45) is 5.92 Å². The van der Waals surface area contributed by atoms with E-state index >= 15 is 0 Å². The van der Waals surface area contributed by atoms with Gasteiger partial charge in [0.15, 0.2) is 5.82 Å². The number of hydrogen-bond acceptors (Lipinski definition) is 6. The second kappa shape index (κ2) is 10.3. The topological polar surface area (TPSA) is 95.1 Å². The predicted molar refractivity (Wildman–Crippen MR) is 125 cm³/mol. The number of carbonyl (C=O) groups excluding carboxylic acids is 1. The Morgan fingerprint density at radius 2 is 1.90 bits per heavy atom. The fraction of sp³-hybridized carbons (Fsp3) is 0.286. The van der Waals surface area contributed by atoms with Crippen LogP contribution in [-0.4, -0.2) is 33.6 Å². The smallest absolute Gasteiger partial charge is 0.230 e. The number of hydrogen-bond donors (Lipinski definition) is 2. The molecular weight excluding hydrogens is 457 g/mol. The van der Waals surface area contributed by atoms with Gasteiger partial charge in [-0.3, -0.25) is 4.79 Å². The second-order valence-electron chi connectivity index (χ2n) is 7.15. The summed E-state index contributed by atoms with van der Waals surface area (Å²) in [6, 6.07) is 12.6. The molecule has 10 heteroatoms. The summed E-state index contributed by atoms with van der Waals surface area (Å²) in [5, 5.41) is 12.6. The Balaban J connectivity index is 1.66. The first-order valence-corrected chi connectivity index (χ1v) is 11.3. The molecule has 1 heterocycles. The molecule has 164 valence electrons. The van der Waals surface area contributed by atoms with Crippen molar-refractivity contribution in [1.82, 2.24) is 20.2 Å². The van der Waals surface area contributed by atoms with Crippen LogP contribution >= 0.6 is 35.0 Å². The lowest BCUT2D eigenvalue weighted by atomic mass is 9.96. The number of aromatic nitrogens is 3. The molecule has 31 heavy (non-hydrogen) atoms. The van der Waals surface area contributed by atoms with Crippen LogP contribution in [-0.2, 0) is 4.79 Å². The number of benzene rings is 2. The van der Waals surface area contributed by atoms with Gasteiger partial charge in [0, 0.05) is 10.6 Å². The van der Waals surface area contributed by atoms with Gasteiger partial charge in [-0.15, -0.1) is 10.2 Å². The van der Waals surface area contributed by atoms with Crippen molar-refractivity contribution in [1.29, 1.82) is 0 Å². The molecule has 1 aromatic heterocycles. The van der Waals surface area contributed by atoms with Crippen LogP contribution < -0.4 is 15.9 Å². The highest BCUT2D eigenvalue weighted by atomic mass is 35.5. The Morgan fingerprint density at radius 3 is 2.52 bits per heavy atom. The number of thioether (sulfide) groups is 1.